The molecule has 0 radical (unpaired) electrons. The summed E-state index contributed by atoms with van der Waals surface area (Å²) >= 11 is 13.5. The van der Waals surface area contributed by atoms with Crippen molar-refractivity contribution >= 4 is 80.7 Å². The van der Waals surface area contributed by atoms with Gasteiger partial charge < -0.3 is 18.7 Å². The van der Waals surface area contributed by atoms with Crippen LogP contribution < -0.4 is 10.5 Å². The van der Waals surface area contributed by atoms with E-state index in [1.807, 2.05) is 12.1 Å². The summed E-state index contributed by atoms with van der Waals surface area (Å²) in [6.45, 7) is 17.6. The summed E-state index contributed by atoms with van der Waals surface area (Å²) in [5.41, 5.74) is 2.24. The number of carbonyl (C=O) groups excluding carboxylic acids is 1. The highest BCUT2D eigenvalue weighted by atomic mass is 79.9. The van der Waals surface area contributed by atoms with E-state index in [0.29, 0.717) is 43.2 Å². The molecule has 0 aromatic heterocycles. The molecule has 10 heteroatoms. The van der Waals surface area contributed by atoms with Gasteiger partial charge in [-0.1, -0.05) is 158 Å². The Balaban J connectivity index is 0.000000447. The third kappa shape index (κ3) is 14.7. The molecule has 58 heavy (non-hydrogen) atoms. The maximum atomic E-state index is 13.4. The van der Waals surface area contributed by atoms with Crippen molar-refractivity contribution in [2.45, 2.75) is 150 Å². The normalized spacial score (nSPS) is 11.6. The number of esters is 1. The molecule has 0 saturated carbocycles. The predicted molar refractivity (Wildman–Crippen MR) is 256 cm³/mol. The van der Waals surface area contributed by atoms with Crippen LogP contribution in [0.4, 0.5) is 0 Å². The molecule has 4 rings (SSSR count). The van der Waals surface area contributed by atoms with E-state index in [4.69, 9.17) is 9.15 Å². The first kappa shape index (κ1) is 50.6. The highest BCUT2D eigenvalue weighted by molar-refractivity contribution is 9.11. The molecule has 6 nitrogen and oxygen atoms in total. The average molecular weight is 1060 g/mol. The Kier molecular flexibility index (Phi) is 23.8. The van der Waals surface area contributed by atoms with Crippen molar-refractivity contribution in [2.75, 3.05) is 32.8 Å². The maximum Gasteiger partial charge on any atom is 0.338 e. The van der Waals surface area contributed by atoms with E-state index in [1.165, 1.54) is 127 Å². The molecular weight excluding hydrogens is 990 g/mol. The van der Waals surface area contributed by atoms with Gasteiger partial charge in [0.2, 0.25) is 5.43 Å². The minimum Gasteiger partial charge on any atom is -0.871 e. The number of rotatable bonds is 25. The van der Waals surface area contributed by atoms with Crippen LogP contribution in [0.5, 0.6) is 5.75 Å². The quantitative estimate of drug-likeness (QED) is 0.0286. The Bertz CT molecular complexity index is 1840. The standard InChI is InChI=1S/C32H32Br4O5.C16H36N/c1-2-3-4-5-6-7-8-9-10-13-16-40-32(39)20-15-12-11-14-19(20)25-21-17-23(33)28(37)26(35)30(21)41-31-22(25)18-24(34)29(38)27(31)36;1-5-9-13-17(14-10-6-2,15-11-7-3)16-12-8-4/h11-12,14-15,17-18,37H,2-10,13,16H2,1H3;5-16H2,1-4H3/q;+1/p-1. The summed E-state index contributed by atoms with van der Waals surface area (Å²) in [6, 6.07) is 10.6. The van der Waals surface area contributed by atoms with Gasteiger partial charge in [-0.3, -0.25) is 4.79 Å². The van der Waals surface area contributed by atoms with E-state index in [9.17, 15) is 14.7 Å². The van der Waals surface area contributed by atoms with Crippen molar-refractivity contribution in [1.82, 2.24) is 0 Å². The number of nitrogens with zero attached hydrogens (tertiary/aromatic N) is 1. The second-order valence-electron chi connectivity index (χ2n) is 15.7. The third-order valence-electron chi connectivity index (χ3n) is 11.1. The topological polar surface area (TPSA) is 79.6 Å². The lowest BCUT2D eigenvalue weighted by Crippen LogP contribution is -2.50. The Morgan fingerprint density at radius 2 is 1.14 bits per heavy atom. The molecule has 0 N–H and O–H groups in total. The lowest BCUT2D eigenvalue weighted by molar-refractivity contribution is -0.929. The number of hydrogen-bond donors (Lipinski definition) is 0. The van der Waals surface area contributed by atoms with Gasteiger partial charge in [-0.05, 0) is 104 Å². The van der Waals surface area contributed by atoms with Crippen LogP contribution in [0, 0.1) is 0 Å². The second-order valence-corrected chi connectivity index (χ2v) is 19.0. The smallest absolute Gasteiger partial charge is 0.338 e. The first-order valence-electron chi connectivity index (χ1n) is 22.1. The number of benzene rings is 3. The number of carbonyl (C=O) groups is 1. The summed E-state index contributed by atoms with van der Waals surface area (Å²) in [5.74, 6) is -0.432. The van der Waals surface area contributed by atoms with Gasteiger partial charge in [0.15, 0.2) is 5.76 Å². The van der Waals surface area contributed by atoms with Crippen LogP contribution in [0.3, 0.4) is 0 Å². The van der Waals surface area contributed by atoms with Crippen LogP contribution in [0.25, 0.3) is 33.4 Å². The van der Waals surface area contributed by atoms with E-state index in [-0.39, 0.29) is 31.5 Å². The molecule has 0 spiro atoms. The molecule has 1 aliphatic carbocycles. The first-order chi connectivity index (χ1) is 28.0. The van der Waals surface area contributed by atoms with Crippen molar-refractivity contribution in [3.63, 3.8) is 0 Å². The van der Waals surface area contributed by atoms with E-state index in [0.717, 1.165) is 19.3 Å². The summed E-state index contributed by atoms with van der Waals surface area (Å²) in [4.78, 5) is 26.1. The number of quaternary nitrogens is 1. The molecule has 0 unspecified atom stereocenters. The molecule has 1 aliphatic heterocycles. The zero-order valence-corrected chi connectivity index (χ0v) is 42.1. The van der Waals surface area contributed by atoms with E-state index >= 15 is 0 Å². The lowest BCUT2D eigenvalue weighted by Gasteiger charge is -2.39. The minimum atomic E-state index is -0.421. The lowest BCUT2D eigenvalue weighted by atomic mass is 9.91. The summed E-state index contributed by atoms with van der Waals surface area (Å²) in [7, 11) is 0. The second kappa shape index (κ2) is 27.3. The van der Waals surface area contributed by atoms with Gasteiger partial charge in [-0.25, -0.2) is 4.79 Å². The average Bonchev–Trinajstić information content (AvgIpc) is 3.23. The zero-order chi connectivity index (χ0) is 42.5. The zero-order valence-electron chi connectivity index (χ0n) is 35.7. The molecule has 0 saturated heterocycles. The summed E-state index contributed by atoms with van der Waals surface area (Å²) in [6.07, 6.45) is 23.1. The van der Waals surface area contributed by atoms with Crippen molar-refractivity contribution in [3.8, 4) is 28.2 Å². The van der Waals surface area contributed by atoms with Gasteiger partial charge >= 0.3 is 5.97 Å². The first-order valence-corrected chi connectivity index (χ1v) is 25.2. The fourth-order valence-corrected chi connectivity index (χ4v) is 10.0. The number of fused-ring (bicyclic) bond motifs is 2. The summed E-state index contributed by atoms with van der Waals surface area (Å²) in [5, 5.41) is 13.3. The fraction of sp³-hybridized carbons (Fsp3) is 0.583. The van der Waals surface area contributed by atoms with E-state index in [2.05, 4.69) is 98.3 Å². The van der Waals surface area contributed by atoms with Crippen molar-refractivity contribution in [2.24, 2.45) is 0 Å². The fourth-order valence-electron chi connectivity index (χ4n) is 7.63. The van der Waals surface area contributed by atoms with Crippen LogP contribution in [0.15, 0.2) is 63.5 Å². The number of halogens is 4. The number of hydrogen-bond acceptors (Lipinski definition) is 5. The van der Waals surface area contributed by atoms with Crippen LogP contribution in [-0.4, -0.2) is 43.2 Å². The van der Waals surface area contributed by atoms with Crippen LogP contribution >= 0.6 is 63.7 Å². The van der Waals surface area contributed by atoms with Gasteiger partial charge in [0.1, 0.15) is 10.1 Å². The molecule has 322 valence electrons. The number of ether oxygens (including phenoxy) is 1. The number of unbranched alkanes of at least 4 members (excludes halogenated alkanes) is 13. The monoisotopic (exact) mass is 1050 g/mol. The molecule has 2 aliphatic rings. The molecule has 2 aromatic carbocycles. The SMILES string of the molecule is CCCCCCCCCCCCOC(=O)c1ccccc1-c1c2cc(Br)c(=O)c(Br)c-2oc2c(Br)c([O-])c(Br)cc12.CCCC[N+](CCCC)(CCCC)CCCC. The van der Waals surface area contributed by atoms with Crippen LogP contribution in [0.1, 0.15) is 161 Å². The van der Waals surface area contributed by atoms with Crippen LogP contribution in [-0.2, 0) is 4.74 Å². The van der Waals surface area contributed by atoms with Crippen molar-refractivity contribution < 1.29 is 23.5 Å². The third-order valence-corrected chi connectivity index (χ3v) is 13.7. The van der Waals surface area contributed by atoms with Gasteiger partial charge in [0, 0.05) is 21.0 Å². The van der Waals surface area contributed by atoms with E-state index in [1.54, 1.807) is 24.3 Å². The minimum absolute atomic E-state index is 0.216. The Morgan fingerprint density at radius 1 is 0.638 bits per heavy atom. The van der Waals surface area contributed by atoms with Gasteiger partial charge in [0.25, 0.3) is 0 Å². The highest BCUT2D eigenvalue weighted by Crippen LogP contribution is 2.48. The highest BCUT2D eigenvalue weighted by Gasteiger charge is 2.27. The summed E-state index contributed by atoms with van der Waals surface area (Å²) < 4.78 is 14.4. The predicted octanol–water partition coefficient (Wildman–Crippen LogP) is 15.8. The molecule has 0 atom stereocenters. The van der Waals surface area contributed by atoms with Crippen molar-refractivity contribution in [1.29, 1.82) is 0 Å². The molecule has 0 fully saturated rings. The van der Waals surface area contributed by atoms with Gasteiger partial charge in [-0.15, -0.1) is 0 Å². The Morgan fingerprint density at radius 3 is 1.67 bits per heavy atom. The van der Waals surface area contributed by atoms with Gasteiger partial charge in [-0.2, -0.15) is 0 Å². The Labute approximate surface area is 382 Å². The molecule has 1 heterocycles. The molecule has 2 aromatic rings. The van der Waals surface area contributed by atoms with Crippen molar-refractivity contribution in [3.05, 3.63) is 70.1 Å². The maximum absolute atomic E-state index is 13.4. The van der Waals surface area contributed by atoms with Gasteiger partial charge in [0.05, 0.1) is 47.3 Å². The van der Waals surface area contributed by atoms with Crippen LogP contribution in [0.2, 0.25) is 0 Å². The van der Waals surface area contributed by atoms with E-state index < -0.39 is 5.97 Å². The largest absolute Gasteiger partial charge is 0.871 e. The molecule has 0 amide bonds. The Hall–Kier alpha value is -1.72. The molecule has 0 bridgehead atoms. The molecular formula is C48H67Br4NO5.